The van der Waals surface area contributed by atoms with Gasteiger partial charge in [-0.25, -0.2) is 0 Å². The van der Waals surface area contributed by atoms with Gasteiger partial charge in [0.1, 0.15) is 0 Å². The monoisotopic (exact) mass is 184 g/mol. The molecule has 1 saturated heterocycles. The molecular weight excluding hydrogens is 160 g/mol. The summed E-state index contributed by atoms with van der Waals surface area (Å²) in [6.07, 6.45) is 2.46. The standard InChI is InChI=1S/C9H18N2.C2H6/c1-7-4-5-9(8(2)10)6-11(7)3;1-2/h7,9H,2,4-6,10H2,1,3H3;1-2H3/t7-,9+;/m0./s1. The van der Waals surface area contributed by atoms with Gasteiger partial charge in [0, 0.05) is 24.2 Å². The van der Waals surface area contributed by atoms with Crippen LogP contribution in [0.5, 0.6) is 0 Å². The second-order valence-corrected chi connectivity index (χ2v) is 3.64. The SMILES string of the molecule is C=C(N)[C@@H]1CC[C@H](C)N(C)C1.CC. The van der Waals surface area contributed by atoms with Crippen molar-refractivity contribution >= 4 is 0 Å². The van der Waals surface area contributed by atoms with Crippen LogP contribution in [0.2, 0.25) is 0 Å². The quantitative estimate of drug-likeness (QED) is 0.677. The highest BCUT2D eigenvalue weighted by atomic mass is 15.1. The van der Waals surface area contributed by atoms with E-state index in [1.807, 2.05) is 13.8 Å². The third-order valence-electron chi connectivity index (χ3n) is 2.72. The Hall–Kier alpha value is -0.500. The molecule has 2 nitrogen and oxygen atoms in total. The lowest BCUT2D eigenvalue weighted by molar-refractivity contribution is 0.164. The first-order valence-corrected chi connectivity index (χ1v) is 5.25. The molecule has 1 aliphatic heterocycles. The molecule has 0 radical (unpaired) electrons. The summed E-state index contributed by atoms with van der Waals surface area (Å²) < 4.78 is 0. The minimum absolute atomic E-state index is 0.524. The smallest absolute Gasteiger partial charge is 0.0106 e. The van der Waals surface area contributed by atoms with Gasteiger partial charge in [0.2, 0.25) is 0 Å². The van der Waals surface area contributed by atoms with Crippen LogP contribution >= 0.6 is 0 Å². The van der Waals surface area contributed by atoms with E-state index in [1.165, 1.54) is 12.8 Å². The summed E-state index contributed by atoms with van der Waals surface area (Å²) in [4.78, 5) is 2.35. The molecule has 1 aliphatic rings. The van der Waals surface area contributed by atoms with Gasteiger partial charge in [0.15, 0.2) is 0 Å². The van der Waals surface area contributed by atoms with E-state index in [1.54, 1.807) is 0 Å². The topological polar surface area (TPSA) is 29.3 Å². The second kappa shape index (κ2) is 6.03. The molecule has 13 heavy (non-hydrogen) atoms. The molecule has 2 atom stereocenters. The molecule has 0 unspecified atom stereocenters. The van der Waals surface area contributed by atoms with Crippen molar-refractivity contribution < 1.29 is 0 Å². The normalized spacial score (nSPS) is 28.9. The predicted molar refractivity (Wildman–Crippen MR) is 59.5 cm³/mol. The van der Waals surface area contributed by atoms with Crippen LogP contribution in [0.15, 0.2) is 12.3 Å². The first-order chi connectivity index (χ1) is 6.11. The van der Waals surface area contributed by atoms with E-state index in [0.29, 0.717) is 12.0 Å². The van der Waals surface area contributed by atoms with Gasteiger partial charge in [-0.3, -0.25) is 0 Å². The highest BCUT2D eigenvalue weighted by Crippen LogP contribution is 2.22. The minimum Gasteiger partial charge on any atom is -0.402 e. The molecule has 78 valence electrons. The molecule has 1 rings (SSSR count). The molecule has 0 spiro atoms. The van der Waals surface area contributed by atoms with Crippen molar-refractivity contribution in [3.8, 4) is 0 Å². The Morgan fingerprint density at radius 1 is 1.38 bits per heavy atom. The lowest BCUT2D eigenvalue weighted by atomic mass is 9.92. The summed E-state index contributed by atoms with van der Waals surface area (Å²) in [6.45, 7) is 11.1. The Morgan fingerprint density at radius 3 is 2.31 bits per heavy atom. The summed E-state index contributed by atoms with van der Waals surface area (Å²) in [5.74, 6) is 0.524. The summed E-state index contributed by atoms with van der Waals surface area (Å²) in [6, 6.07) is 0.714. The fourth-order valence-electron chi connectivity index (χ4n) is 1.58. The van der Waals surface area contributed by atoms with Crippen molar-refractivity contribution in [2.75, 3.05) is 13.6 Å². The maximum absolute atomic E-state index is 5.65. The van der Waals surface area contributed by atoms with Crippen LogP contribution in [0.4, 0.5) is 0 Å². The molecule has 0 aromatic carbocycles. The summed E-state index contributed by atoms with van der Waals surface area (Å²) in [5.41, 5.74) is 6.50. The zero-order valence-corrected chi connectivity index (χ0v) is 9.51. The lowest BCUT2D eigenvalue weighted by Gasteiger charge is -2.35. The molecule has 1 fully saturated rings. The fourth-order valence-corrected chi connectivity index (χ4v) is 1.58. The van der Waals surface area contributed by atoms with Gasteiger partial charge < -0.3 is 10.6 Å². The number of likely N-dealkylation sites (tertiary alicyclic amines) is 1. The van der Waals surface area contributed by atoms with Crippen LogP contribution < -0.4 is 5.73 Å². The third-order valence-corrected chi connectivity index (χ3v) is 2.72. The van der Waals surface area contributed by atoms with Gasteiger partial charge in [0.25, 0.3) is 0 Å². The molecule has 2 heteroatoms. The summed E-state index contributed by atoms with van der Waals surface area (Å²) >= 11 is 0. The number of hydrogen-bond donors (Lipinski definition) is 1. The molecule has 0 amide bonds. The van der Waals surface area contributed by atoms with E-state index in [9.17, 15) is 0 Å². The molecule has 0 aromatic rings. The molecule has 0 bridgehead atoms. The number of rotatable bonds is 1. The molecule has 2 N–H and O–H groups in total. The number of piperidine rings is 1. The lowest BCUT2D eigenvalue weighted by Crippen LogP contribution is -2.40. The number of nitrogens with two attached hydrogens (primary N) is 1. The fraction of sp³-hybridized carbons (Fsp3) is 0.818. The van der Waals surface area contributed by atoms with Crippen molar-refractivity contribution in [2.45, 2.75) is 39.7 Å². The zero-order chi connectivity index (χ0) is 10.4. The average molecular weight is 184 g/mol. The van der Waals surface area contributed by atoms with E-state index in [2.05, 4.69) is 25.5 Å². The van der Waals surface area contributed by atoms with Gasteiger partial charge >= 0.3 is 0 Å². The molecular formula is C11H24N2. The van der Waals surface area contributed by atoms with E-state index in [0.717, 1.165) is 12.2 Å². The number of hydrogen-bond acceptors (Lipinski definition) is 2. The Kier molecular flexibility index (Phi) is 5.80. The largest absolute Gasteiger partial charge is 0.402 e. The van der Waals surface area contributed by atoms with E-state index >= 15 is 0 Å². The van der Waals surface area contributed by atoms with Gasteiger partial charge in [-0.2, -0.15) is 0 Å². The second-order valence-electron chi connectivity index (χ2n) is 3.64. The van der Waals surface area contributed by atoms with Crippen LogP contribution in [0, 0.1) is 5.92 Å². The van der Waals surface area contributed by atoms with Gasteiger partial charge in [-0.05, 0) is 26.8 Å². The Labute approximate surface area is 82.8 Å². The van der Waals surface area contributed by atoms with Crippen LogP contribution in [0.25, 0.3) is 0 Å². The molecule has 0 aromatic heterocycles. The average Bonchev–Trinajstić information content (AvgIpc) is 2.13. The Bertz CT molecular complexity index is 154. The van der Waals surface area contributed by atoms with E-state index in [4.69, 9.17) is 5.73 Å². The maximum atomic E-state index is 5.65. The highest BCUT2D eigenvalue weighted by molar-refractivity contribution is 4.98. The summed E-state index contributed by atoms with van der Waals surface area (Å²) in [7, 11) is 2.15. The van der Waals surface area contributed by atoms with E-state index < -0.39 is 0 Å². The molecule has 1 heterocycles. The van der Waals surface area contributed by atoms with Crippen molar-refractivity contribution in [3.63, 3.8) is 0 Å². The maximum Gasteiger partial charge on any atom is 0.0106 e. The highest BCUT2D eigenvalue weighted by Gasteiger charge is 2.22. The van der Waals surface area contributed by atoms with Gasteiger partial charge in [-0.15, -0.1) is 0 Å². The van der Waals surface area contributed by atoms with Crippen LogP contribution in [0.1, 0.15) is 33.6 Å². The minimum atomic E-state index is 0.524. The van der Waals surface area contributed by atoms with Crippen LogP contribution in [-0.4, -0.2) is 24.5 Å². The third kappa shape index (κ3) is 3.81. The Morgan fingerprint density at radius 2 is 1.92 bits per heavy atom. The molecule has 0 saturated carbocycles. The zero-order valence-electron chi connectivity index (χ0n) is 9.51. The number of nitrogens with zero attached hydrogens (tertiary/aromatic N) is 1. The van der Waals surface area contributed by atoms with Crippen LogP contribution in [0.3, 0.4) is 0 Å². The van der Waals surface area contributed by atoms with Crippen molar-refractivity contribution in [1.29, 1.82) is 0 Å². The van der Waals surface area contributed by atoms with E-state index in [-0.39, 0.29) is 0 Å². The van der Waals surface area contributed by atoms with Crippen molar-refractivity contribution in [1.82, 2.24) is 4.90 Å². The predicted octanol–water partition coefficient (Wildman–Crippen LogP) is 2.22. The van der Waals surface area contributed by atoms with Crippen molar-refractivity contribution in [2.24, 2.45) is 11.7 Å². The summed E-state index contributed by atoms with van der Waals surface area (Å²) in [5, 5.41) is 0. The van der Waals surface area contributed by atoms with Crippen molar-refractivity contribution in [3.05, 3.63) is 12.3 Å². The van der Waals surface area contributed by atoms with Gasteiger partial charge in [-0.1, -0.05) is 20.4 Å². The van der Waals surface area contributed by atoms with Crippen LogP contribution in [-0.2, 0) is 0 Å². The Balaban J connectivity index is 0.000000671. The first-order valence-electron chi connectivity index (χ1n) is 5.25. The molecule has 0 aliphatic carbocycles. The van der Waals surface area contributed by atoms with Gasteiger partial charge in [0.05, 0.1) is 0 Å². The first kappa shape index (κ1) is 12.5.